The van der Waals surface area contributed by atoms with Crippen LogP contribution in [0.3, 0.4) is 0 Å². The Morgan fingerprint density at radius 1 is 1.35 bits per heavy atom. The number of rotatable bonds is 4. The molecule has 0 bridgehead atoms. The molecule has 4 nitrogen and oxygen atoms in total. The van der Waals surface area contributed by atoms with Crippen molar-refractivity contribution in [2.75, 3.05) is 13.2 Å². The first-order chi connectivity index (χ1) is 8.12. The van der Waals surface area contributed by atoms with Crippen LogP contribution in [-0.2, 0) is 0 Å². The minimum atomic E-state index is -1.01. The molecule has 17 heavy (non-hydrogen) atoms. The van der Waals surface area contributed by atoms with Crippen molar-refractivity contribution in [1.29, 1.82) is 0 Å². The fourth-order valence-corrected chi connectivity index (χ4v) is 1.49. The van der Waals surface area contributed by atoms with Gasteiger partial charge in [-0.1, -0.05) is 6.07 Å². The van der Waals surface area contributed by atoms with Crippen molar-refractivity contribution in [3.8, 4) is 5.75 Å². The van der Waals surface area contributed by atoms with Crippen LogP contribution in [0.2, 0.25) is 0 Å². The molecule has 0 saturated carbocycles. The number of fused-ring (bicyclic) bond motifs is 1. The van der Waals surface area contributed by atoms with Gasteiger partial charge < -0.3 is 15.6 Å². The number of aromatic nitrogens is 1. The summed E-state index contributed by atoms with van der Waals surface area (Å²) in [6, 6.07) is 9.45. The average molecular weight is 232 g/mol. The zero-order valence-corrected chi connectivity index (χ0v) is 9.76. The number of hydrogen-bond acceptors (Lipinski definition) is 4. The monoisotopic (exact) mass is 232 g/mol. The maximum absolute atomic E-state index is 9.79. The quantitative estimate of drug-likeness (QED) is 0.834. The smallest absolute Gasteiger partial charge is 0.128 e. The molecule has 0 aliphatic heterocycles. The summed E-state index contributed by atoms with van der Waals surface area (Å²) in [4.78, 5) is 4.24. The second-order valence-electron chi connectivity index (χ2n) is 4.32. The van der Waals surface area contributed by atoms with Crippen LogP contribution in [0.25, 0.3) is 10.9 Å². The molecular weight excluding hydrogens is 216 g/mol. The molecule has 0 saturated heterocycles. The molecule has 1 heterocycles. The number of hydrogen-bond donors (Lipinski definition) is 2. The predicted molar refractivity (Wildman–Crippen MR) is 66.9 cm³/mol. The second-order valence-corrected chi connectivity index (χ2v) is 4.32. The normalized spacial score (nSPS) is 14.5. The summed E-state index contributed by atoms with van der Waals surface area (Å²) in [7, 11) is 0. The molecule has 2 aromatic rings. The number of ether oxygens (including phenoxy) is 1. The van der Waals surface area contributed by atoms with Gasteiger partial charge in [0.1, 0.15) is 18.0 Å². The Morgan fingerprint density at radius 2 is 2.18 bits per heavy atom. The molecule has 90 valence electrons. The Hall–Kier alpha value is -1.65. The van der Waals surface area contributed by atoms with E-state index in [1.165, 1.54) is 0 Å². The molecule has 3 N–H and O–H groups in total. The first-order valence-corrected chi connectivity index (χ1v) is 5.51. The molecule has 1 unspecified atom stereocenters. The highest BCUT2D eigenvalue weighted by Gasteiger charge is 2.19. The Balaban J connectivity index is 2.24. The zero-order valence-electron chi connectivity index (χ0n) is 9.76. The van der Waals surface area contributed by atoms with E-state index >= 15 is 0 Å². The molecular formula is C13H16N2O2. The molecule has 0 amide bonds. The van der Waals surface area contributed by atoms with Gasteiger partial charge in [-0.05, 0) is 31.2 Å². The van der Waals surface area contributed by atoms with E-state index in [0.717, 1.165) is 10.9 Å². The Morgan fingerprint density at radius 3 is 2.94 bits per heavy atom. The van der Waals surface area contributed by atoms with E-state index in [1.54, 1.807) is 13.1 Å². The predicted octanol–water partition coefficient (Wildman–Crippen LogP) is 1.32. The molecule has 0 aliphatic rings. The maximum Gasteiger partial charge on any atom is 0.128 e. The van der Waals surface area contributed by atoms with E-state index in [-0.39, 0.29) is 13.2 Å². The van der Waals surface area contributed by atoms with Crippen molar-refractivity contribution >= 4 is 10.9 Å². The second kappa shape index (κ2) is 4.69. The largest absolute Gasteiger partial charge is 0.490 e. The Bertz CT molecular complexity index is 506. The van der Waals surface area contributed by atoms with Gasteiger partial charge in [0, 0.05) is 18.1 Å². The summed E-state index contributed by atoms with van der Waals surface area (Å²) in [5, 5.41) is 10.7. The molecule has 1 atom stereocenters. The number of aliphatic hydroxyl groups is 1. The summed E-state index contributed by atoms with van der Waals surface area (Å²) >= 11 is 0. The molecule has 0 spiro atoms. The van der Waals surface area contributed by atoms with E-state index in [1.807, 2.05) is 30.3 Å². The lowest BCUT2D eigenvalue weighted by molar-refractivity contribution is 0.0201. The minimum Gasteiger partial charge on any atom is -0.490 e. The lowest BCUT2D eigenvalue weighted by atomic mass is 10.1. The van der Waals surface area contributed by atoms with Crippen LogP contribution >= 0.6 is 0 Å². The van der Waals surface area contributed by atoms with Gasteiger partial charge in [-0.2, -0.15) is 0 Å². The van der Waals surface area contributed by atoms with Crippen LogP contribution in [0.15, 0.2) is 36.5 Å². The zero-order chi connectivity index (χ0) is 12.3. The van der Waals surface area contributed by atoms with E-state index in [4.69, 9.17) is 10.5 Å². The van der Waals surface area contributed by atoms with Crippen molar-refractivity contribution in [1.82, 2.24) is 4.98 Å². The standard InChI is InChI=1S/C13H16N2O2/c1-13(16,8-14)9-17-12-6-2-5-11-10(12)4-3-7-15-11/h2-7,16H,8-9,14H2,1H3. The first kappa shape index (κ1) is 11.8. The average Bonchev–Trinajstić information content (AvgIpc) is 2.36. The van der Waals surface area contributed by atoms with Crippen LogP contribution in [0, 0.1) is 0 Å². The van der Waals surface area contributed by atoms with Gasteiger partial charge >= 0.3 is 0 Å². The van der Waals surface area contributed by atoms with Gasteiger partial charge in [-0.15, -0.1) is 0 Å². The number of nitrogens with two attached hydrogens (primary N) is 1. The molecule has 1 aromatic heterocycles. The molecule has 0 aliphatic carbocycles. The third kappa shape index (κ3) is 2.72. The van der Waals surface area contributed by atoms with Crippen molar-refractivity contribution in [3.05, 3.63) is 36.5 Å². The van der Waals surface area contributed by atoms with Crippen LogP contribution in [0.1, 0.15) is 6.92 Å². The molecule has 2 rings (SSSR count). The lowest BCUT2D eigenvalue weighted by Gasteiger charge is -2.21. The van der Waals surface area contributed by atoms with Gasteiger partial charge in [-0.3, -0.25) is 4.98 Å². The summed E-state index contributed by atoms with van der Waals surface area (Å²) in [5.74, 6) is 0.712. The van der Waals surface area contributed by atoms with Gasteiger partial charge in [0.2, 0.25) is 0 Å². The van der Waals surface area contributed by atoms with Crippen LogP contribution in [0.5, 0.6) is 5.75 Å². The van der Waals surface area contributed by atoms with Crippen molar-refractivity contribution < 1.29 is 9.84 Å². The van der Waals surface area contributed by atoms with Crippen LogP contribution in [0.4, 0.5) is 0 Å². The number of pyridine rings is 1. The fourth-order valence-electron chi connectivity index (χ4n) is 1.49. The molecule has 1 aromatic carbocycles. The van der Waals surface area contributed by atoms with Gasteiger partial charge in [0.15, 0.2) is 0 Å². The highest BCUT2D eigenvalue weighted by atomic mass is 16.5. The summed E-state index contributed by atoms with van der Waals surface area (Å²) in [6.45, 7) is 1.98. The minimum absolute atomic E-state index is 0.163. The lowest BCUT2D eigenvalue weighted by Crippen LogP contribution is -2.40. The summed E-state index contributed by atoms with van der Waals surface area (Å²) < 4.78 is 5.60. The van der Waals surface area contributed by atoms with Crippen molar-refractivity contribution in [2.45, 2.75) is 12.5 Å². The maximum atomic E-state index is 9.79. The van der Waals surface area contributed by atoms with Crippen molar-refractivity contribution in [3.63, 3.8) is 0 Å². The van der Waals surface area contributed by atoms with Crippen molar-refractivity contribution in [2.24, 2.45) is 5.73 Å². The highest BCUT2D eigenvalue weighted by molar-refractivity contribution is 5.84. The highest BCUT2D eigenvalue weighted by Crippen LogP contribution is 2.24. The third-order valence-corrected chi connectivity index (χ3v) is 2.58. The molecule has 0 radical (unpaired) electrons. The van der Waals surface area contributed by atoms with Crippen LogP contribution in [-0.4, -0.2) is 28.8 Å². The van der Waals surface area contributed by atoms with Gasteiger partial charge in [0.05, 0.1) is 5.52 Å². The Labute approximate surface area is 100 Å². The van der Waals surface area contributed by atoms with E-state index < -0.39 is 5.60 Å². The third-order valence-electron chi connectivity index (χ3n) is 2.58. The number of nitrogens with zero attached hydrogens (tertiary/aromatic N) is 1. The fraction of sp³-hybridized carbons (Fsp3) is 0.308. The van der Waals surface area contributed by atoms with Crippen LogP contribution < -0.4 is 10.5 Å². The number of benzene rings is 1. The molecule has 0 fully saturated rings. The topological polar surface area (TPSA) is 68.4 Å². The van der Waals surface area contributed by atoms with E-state index in [2.05, 4.69) is 4.98 Å². The summed E-state index contributed by atoms with van der Waals surface area (Å²) in [5.41, 5.74) is 5.30. The van der Waals surface area contributed by atoms with E-state index in [9.17, 15) is 5.11 Å². The van der Waals surface area contributed by atoms with E-state index in [0.29, 0.717) is 5.75 Å². The van der Waals surface area contributed by atoms with Gasteiger partial charge in [-0.25, -0.2) is 0 Å². The summed E-state index contributed by atoms with van der Waals surface area (Å²) in [6.07, 6.45) is 1.74. The van der Waals surface area contributed by atoms with Gasteiger partial charge in [0.25, 0.3) is 0 Å². The SMILES string of the molecule is CC(O)(CN)COc1cccc2ncccc12. The molecule has 4 heteroatoms. The Kier molecular flexibility index (Phi) is 3.26. The first-order valence-electron chi connectivity index (χ1n) is 5.51.